The Morgan fingerprint density at radius 3 is 2.47 bits per heavy atom. The van der Waals surface area contributed by atoms with Crippen LogP contribution in [0.1, 0.15) is 19.4 Å². The van der Waals surface area contributed by atoms with Gasteiger partial charge in [-0.3, -0.25) is 5.01 Å². The number of para-hydroxylation sites is 1. The van der Waals surface area contributed by atoms with Crippen LogP contribution < -0.4 is 15.8 Å². The molecule has 19 heavy (non-hydrogen) atoms. The van der Waals surface area contributed by atoms with E-state index < -0.39 is 0 Å². The lowest BCUT2D eigenvalue weighted by molar-refractivity contribution is 0.497. The zero-order valence-electron chi connectivity index (χ0n) is 11.5. The minimum absolute atomic E-state index is 0.344. The fourth-order valence-electron chi connectivity index (χ4n) is 2.65. The lowest BCUT2D eigenvalue weighted by atomic mass is 10.1. The third-order valence-corrected chi connectivity index (χ3v) is 3.73. The molecule has 4 nitrogen and oxygen atoms in total. The van der Waals surface area contributed by atoms with Crippen LogP contribution in [-0.2, 0) is 0 Å². The summed E-state index contributed by atoms with van der Waals surface area (Å²) in [5, 5.41) is 1.73. The molecule has 0 unspecified atom stereocenters. The van der Waals surface area contributed by atoms with Gasteiger partial charge in [-0.15, -0.1) is 0 Å². The van der Waals surface area contributed by atoms with Crippen LogP contribution in [0.3, 0.4) is 0 Å². The van der Waals surface area contributed by atoms with Crippen LogP contribution in [0.2, 0.25) is 0 Å². The monoisotopic (exact) mass is 254 g/mol. The summed E-state index contributed by atoms with van der Waals surface area (Å²) in [5.74, 6) is 7.05. The summed E-state index contributed by atoms with van der Waals surface area (Å²) in [4.78, 5) is 6.64. The van der Waals surface area contributed by atoms with E-state index in [2.05, 4.69) is 48.9 Å². The molecule has 98 valence electrons. The number of pyridine rings is 1. The van der Waals surface area contributed by atoms with Crippen molar-refractivity contribution in [3.8, 4) is 0 Å². The van der Waals surface area contributed by atoms with Gasteiger partial charge in [-0.1, -0.05) is 18.2 Å². The van der Waals surface area contributed by atoms with E-state index in [0.29, 0.717) is 0 Å². The fourth-order valence-corrected chi connectivity index (χ4v) is 2.65. The first-order chi connectivity index (χ1) is 9.03. The van der Waals surface area contributed by atoms with Gasteiger partial charge >= 0.3 is 0 Å². The lowest BCUT2D eigenvalue weighted by Gasteiger charge is -2.38. The maximum absolute atomic E-state index is 6.23. The third kappa shape index (κ3) is 1.60. The van der Waals surface area contributed by atoms with E-state index in [9.17, 15) is 0 Å². The Morgan fingerprint density at radius 1 is 1.05 bits per heavy atom. The first-order valence-electron chi connectivity index (χ1n) is 6.39. The summed E-state index contributed by atoms with van der Waals surface area (Å²) in [6.45, 7) is 6.31. The molecule has 1 aliphatic rings. The molecule has 1 aliphatic heterocycles. The molecule has 0 bridgehead atoms. The number of nitrogens with zero attached hydrogens (tertiary/aromatic N) is 3. The van der Waals surface area contributed by atoms with Crippen LogP contribution in [0.5, 0.6) is 0 Å². The molecule has 0 saturated carbocycles. The number of nitrogens with two attached hydrogens (primary N) is 1. The van der Waals surface area contributed by atoms with Gasteiger partial charge in [0, 0.05) is 11.9 Å². The zero-order valence-corrected chi connectivity index (χ0v) is 11.5. The van der Waals surface area contributed by atoms with E-state index in [1.54, 1.807) is 11.2 Å². The second kappa shape index (κ2) is 3.96. The first-order valence-corrected chi connectivity index (χ1v) is 6.39. The molecule has 0 saturated heterocycles. The zero-order chi connectivity index (χ0) is 13.6. The Hall–Kier alpha value is -2.07. The number of fused-ring (bicyclic) bond motifs is 1. The van der Waals surface area contributed by atoms with Crippen LogP contribution in [0.25, 0.3) is 0 Å². The molecule has 1 aromatic heterocycles. The lowest BCUT2D eigenvalue weighted by Crippen LogP contribution is -2.54. The summed E-state index contributed by atoms with van der Waals surface area (Å²) >= 11 is 0. The number of hydrazine groups is 1. The smallest absolute Gasteiger partial charge is 0.168 e. The average molecular weight is 254 g/mol. The highest BCUT2D eigenvalue weighted by atomic mass is 15.6. The van der Waals surface area contributed by atoms with Crippen LogP contribution in [0.4, 0.5) is 17.2 Å². The summed E-state index contributed by atoms with van der Waals surface area (Å²) in [6, 6.07) is 12.3. The normalized spacial score (nSPS) is 16.6. The van der Waals surface area contributed by atoms with Gasteiger partial charge in [0.25, 0.3) is 0 Å². The van der Waals surface area contributed by atoms with Gasteiger partial charge in [-0.05, 0) is 44.5 Å². The predicted octanol–water partition coefficient (Wildman–Crippen LogP) is 2.96. The number of hydrogen-bond donors (Lipinski definition) is 1. The van der Waals surface area contributed by atoms with E-state index in [4.69, 9.17) is 5.84 Å². The molecule has 4 heteroatoms. The molecule has 2 N–H and O–H groups in total. The third-order valence-electron chi connectivity index (χ3n) is 3.73. The SMILES string of the molecule is Cc1ccccc1N1c2cccnc2N(N)C1(C)C. The molecule has 0 aliphatic carbocycles. The van der Waals surface area contributed by atoms with E-state index in [-0.39, 0.29) is 5.66 Å². The van der Waals surface area contributed by atoms with Crippen LogP contribution in [0, 0.1) is 6.92 Å². The second-order valence-electron chi connectivity index (χ2n) is 5.33. The minimum Gasteiger partial charge on any atom is -0.313 e. The van der Waals surface area contributed by atoms with E-state index in [1.165, 1.54) is 5.56 Å². The maximum atomic E-state index is 6.23. The maximum Gasteiger partial charge on any atom is 0.168 e. The summed E-state index contributed by atoms with van der Waals surface area (Å²) < 4.78 is 0. The molecule has 0 spiro atoms. The number of aromatic nitrogens is 1. The summed E-state index contributed by atoms with van der Waals surface area (Å²) in [6.07, 6.45) is 1.77. The van der Waals surface area contributed by atoms with Gasteiger partial charge in [-0.2, -0.15) is 0 Å². The molecule has 1 aromatic carbocycles. The van der Waals surface area contributed by atoms with Crippen molar-refractivity contribution in [3.63, 3.8) is 0 Å². The Labute approximate surface area is 113 Å². The minimum atomic E-state index is -0.344. The van der Waals surface area contributed by atoms with E-state index >= 15 is 0 Å². The fraction of sp³-hybridized carbons (Fsp3) is 0.267. The summed E-state index contributed by atoms with van der Waals surface area (Å²) in [7, 11) is 0. The molecular formula is C15H18N4. The van der Waals surface area contributed by atoms with Crippen LogP contribution in [-0.4, -0.2) is 10.6 Å². The first kappa shape index (κ1) is 12.0. The highest BCUT2D eigenvalue weighted by Gasteiger charge is 2.43. The molecule has 3 rings (SSSR count). The van der Waals surface area contributed by atoms with Gasteiger partial charge in [0.2, 0.25) is 0 Å². The highest BCUT2D eigenvalue weighted by molar-refractivity contribution is 5.83. The van der Waals surface area contributed by atoms with Gasteiger partial charge in [-0.25, -0.2) is 10.8 Å². The van der Waals surface area contributed by atoms with Gasteiger partial charge < -0.3 is 4.90 Å². The standard InChI is InChI=1S/C15H18N4/c1-11-7-4-5-8-12(11)18-13-9-6-10-17-14(13)19(16)15(18,2)3/h4-10H,16H2,1-3H3. The highest BCUT2D eigenvalue weighted by Crippen LogP contribution is 2.46. The van der Waals surface area contributed by atoms with Gasteiger partial charge in [0.1, 0.15) is 5.66 Å². The number of benzene rings is 1. The molecule has 0 radical (unpaired) electrons. The van der Waals surface area contributed by atoms with Crippen molar-refractivity contribution in [2.75, 3.05) is 9.91 Å². The molecule has 0 amide bonds. The number of hydrogen-bond acceptors (Lipinski definition) is 4. The van der Waals surface area contributed by atoms with Crippen LogP contribution in [0.15, 0.2) is 42.6 Å². The Balaban J connectivity index is 2.23. The predicted molar refractivity (Wildman–Crippen MR) is 78.3 cm³/mol. The van der Waals surface area contributed by atoms with Crippen molar-refractivity contribution in [1.82, 2.24) is 4.98 Å². The Morgan fingerprint density at radius 2 is 1.74 bits per heavy atom. The molecule has 2 heterocycles. The van der Waals surface area contributed by atoms with Crippen molar-refractivity contribution in [2.24, 2.45) is 5.84 Å². The second-order valence-corrected chi connectivity index (χ2v) is 5.33. The quantitative estimate of drug-likeness (QED) is 0.795. The van der Waals surface area contributed by atoms with Crippen molar-refractivity contribution >= 4 is 17.2 Å². The topological polar surface area (TPSA) is 45.4 Å². The van der Waals surface area contributed by atoms with Crippen molar-refractivity contribution in [1.29, 1.82) is 0 Å². The van der Waals surface area contributed by atoms with Gasteiger partial charge in [0.05, 0.1) is 5.69 Å². The Bertz CT molecular complexity index is 621. The van der Waals surface area contributed by atoms with E-state index in [1.807, 2.05) is 18.2 Å². The number of aryl methyl sites for hydroxylation is 1. The van der Waals surface area contributed by atoms with Crippen molar-refractivity contribution in [2.45, 2.75) is 26.4 Å². The summed E-state index contributed by atoms with van der Waals surface area (Å²) in [5.41, 5.74) is 3.09. The molecule has 0 atom stereocenters. The van der Waals surface area contributed by atoms with Crippen molar-refractivity contribution < 1.29 is 0 Å². The Kier molecular flexibility index (Phi) is 2.50. The molecular weight excluding hydrogens is 236 g/mol. The van der Waals surface area contributed by atoms with Crippen molar-refractivity contribution in [3.05, 3.63) is 48.2 Å². The van der Waals surface area contributed by atoms with E-state index in [0.717, 1.165) is 17.2 Å². The number of anilines is 3. The van der Waals surface area contributed by atoms with Crippen LogP contribution >= 0.6 is 0 Å². The van der Waals surface area contributed by atoms with Gasteiger partial charge in [0.15, 0.2) is 5.82 Å². The largest absolute Gasteiger partial charge is 0.313 e. The number of rotatable bonds is 1. The average Bonchev–Trinajstić information content (AvgIpc) is 2.59. The molecule has 2 aromatic rings. The molecule has 0 fully saturated rings.